The van der Waals surface area contributed by atoms with Crippen LogP contribution in [0.2, 0.25) is 0 Å². The first kappa shape index (κ1) is 13.2. The van der Waals surface area contributed by atoms with E-state index in [0.717, 1.165) is 5.56 Å². The Bertz CT molecular complexity index is 693. The van der Waals surface area contributed by atoms with Crippen molar-refractivity contribution in [2.45, 2.75) is 13.0 Å². The van der Waals surface area contributed by atoms with Gasteiger partial charge in [-0.3, -0.25) is 0 Å². The number of anilines is 1. The molecule has 1 unspecified atom stereocenters. The smallest absolute Gasteiger partial charge is 0.352 e. The number of hydrogen-bond donors (Lipinski definition) is 2. The van der Waals surface area contributed by atoms with Gasteiger partial charge in [-0.1, -0.05) is 30.3 Å². The van der Waals surface area contributed by atoms with Crippen molar-refractivity contribution in [1.29, 1.82) is 0 Å². The van der Waals surface area contributed by atoms with Crippen molar-refractivity contribution in [3.63, 3.8) is 0 Å². The Morgan fingerprint density at radius 1 is 1.43 bits per heavy atom. The minimum absolute atomic E-state index is 0.0757. The first-order valence-electron chi connectivity index (χ1n) is 6.55. The first-order valence-corrected chi connectivity index (χ1v) is 6.55. The van der Waals surface area contributed by atoms with Crippen LogP contribution in [0.5, 0.6) is 6.01 Å². The Hall–Kier alpha value is -2.83. The van der Waals surface area contributed by atoms with Crippen LogP contribution in [0.1, 0.15) is 18.5 Å². The number of nitrogens with zero attached hydrogens (tertiary/aromatic N) is 3. The second kappa shape index (κ2) is 5.28. The van der Waals surface area contributed by atoms with Crippen LogP contribution < -0.4 is 10.1 Å². The van der Waals surface area contributed by atoms with Crippen LogP contribution in [0.4, 0.5) is 5.95 Å². The Morgan fingerprint density at radius 3 is 2.86 bits per heavy atom. The van der Waals surface area contributed by atoms with Crippen molar-refractivity contribution < 1.29 is 14.6 Å². The Kier molecular flexibility index (Phi) is 3.31. The lowest BCUT2D eigenvalue weighted by atomic mass is 10.0. The second-order valence-electron chi connectivity index (χ2n) is 4.46. The highest BCUT2D eigenvalue weighted by Gasteiger charge is 2.27. The average molecular weight is 286 g/mol. The highest BCUT2D eigenvalue weighted by atomic mass is 16.5. The van der Waals surface area contributed by atoms with E-state index in [2.05, 4.69) is 15.4 Å². The highest BCUT2D eigenvalue weighted by molar-refractivity contribution is 5.90. The molecule has 0 amide bonds. The molecular weight excluding hydrogens is 272 g/mol. The van der Waals surface area contributed by atoms with Crippen molar-refractivity contribution in [1.82, 2.24) is 14.8 Å². The maximum absolute atomic E-state index is 11.3. The molecule has 1 aromatic carbocycles. The van der Waals surface area contributed by atoms with Gasteiger partial charge in [-0.05, 0) is 18.6 Å². The molecule has 7 nitrogen and oxygen atoms in total. The fourth-order valence-electron chi connectivity index (χ4n) is 2.18. The standard InChI is InChI=1S/C14H14N4O3/c1-2-21-14-16-13-15-10(12(19)20)8-11(18(13)17-14)9-6-4-3-5-7-9/h3-8,11H,2H2,1H3,(H,19,20)(H,15,16,17). The lowest BCUT2D eigenvalue weighted by Crippen LogP contribution is -2.24. The summed E-state index contributed by atoms with van der Waals surface area (Å²) in [6.07, 6.45) is 1.61. The molecule has 7 heteroatoms. The minimum Gasteiger partial charge on any atom is -0.477 e. The summed E-state index contributed by atoms with van der Waals surface area (Å²) in [4.78, 5) is 15.4. The molecule has 21 heavy (non-hydrogen) atoms. The predicted molar refractivity (Wildman–Crippen MR) is 75.1 cm³/mol. The number of hydrogen-bond acceptors (Lipinski definition) is 5. The highest BCUT2D eigenvalue weighted by Crippen LogP contribution is 2.30. The molecule has 2 aromatic rings. The summed E-state index contributed by atoms with van der Waals surface area (Å²) < 4.78 is 6.90. The second-order valence-corrected chi connectivity index (χ2v) is 4.46. The van der Waals surface area contributed by atoms with Crippen LogP contribution in [0.25, 0.3) is 0 Å². The van der Waals surface area contributed by atoms with Crippen molar-refractivity contribution in [3.8, 4) is 6.01 Å². The van der Waals surface area contributed by atoms with Gasteiger partial charge in [0.1, 0.15) is 11.7 Å². The van der Waals surface area contributed by atoms with E-state index in [0.29, 0.717) is 12.6 Å². The summed E-state index contributed by atoms with van der Waals surface area (Å²) in [5.74, 6) is -0.685. The number of aromatic nitrogens is 3. The van der Waals surface area contributed by atoms with Gasteiger partial charge < -0.3 is 15.2 Å². The van der Waals surface area contributed by atoms with E-state index >= 15 is 0 Å². The van der Waals surface area contributed by atoms with Gasteiger partial charge in [0.15, 0.2) is 0 Å². The van der Waals surface area contributed by atoms with Gasteiger partial charge in [0.25, 0.3) is 0 Å². The zero-order valence-electron chi connectivity index (χ0n) is 11.4. The molecule has 2 heterocycles. The summed E-state index contributed by atoms with van der Waals surface area (Å²) in [5, 5.41) is 16.2. The lowest BCUT2D eigenvalue weighted by Gasteiger charge is -2.22. The summed E-state index contributed by atoms with van der Waals surface area (Å²) >= 11 is 0. The van der Waals surface area contributed by atoms with E-state index in [9.17, 15) is 9.90 Å². The molecule has 0 radical (unpaired) electrons. The SMILES string of the molecule is CCOc1nc2n(n1)C(c1ccccc1)C=C(C(=O)O)N2. The van der Waals surface area contributed by atoms with Crippen LogP contribution >= 0.6 is 0 Å². The molecule has 1 aliphatic heterocycles. The Labute approximate surface area is 120 Å². The van der Waals surface area contributed by atoms with Crippen molar-refractivity contribution in [3.05, 3.63) is 47.7 Å². The largest absolute Gasteiger partial charge is 0.477 e. The van der Waals surface area contributed by atoms with Gasteiger partial charge >= 0.3 is 12.0 Å². The summed E-state index contributed by atoms with van der Waals surface area (Å²) in [6, 6.07) is 9.41. The average Bonchev–Trinajstić information content (AvgIpc) is 2.89. The maximum Gasteiger partial charge on any atom is 0.352 e. The van der Waals surface area contributed by atoms with Gasteiger partial charge in [0, 0.05) is 0 Å². The fraction of sp³-hybridized carbons (Fsp3) is 0.214. The Morgan fingerprint density at radius 2 is 2.19 bits per heavy atom. The summed E-state index contributed by atoms with van der Waals surface area (Å²) in [7, 11) is 0. The zero-order valence-corrected chi connectivity index (χ0v) is 11.4. The molecule has 0 fully saturated rings. The number of benzene rings is 1. The van der Waals surface area contributed by atoms with Crippen molar-refractivity contribution in [2.24, 2.45) is 0 Å². The third kappa shape index (κ3) is 2.45. The molecule has 2 N–H and O–H groups in total. The summed E-state index contributed by atoms with van der Waals surface area (Å²) in [5.41, 5.74) is 0.999. The minimum atomic E-state index is -1.04. The third-order valence-electron chi connectivity index (χ3n) is 3.09. The number of nitrogens with one attached hydrogen (secondary N) is 1. The number of ether oxygens (including phenoxy) is 1. The van der Waals surface area contributed by atoms with Crippen LogP contribution in [-0.4, -0.2) is 32.4 Å². The summed E-state index contributed by atoms with van der Waals surface area (Å²) in [6.45, 7) is 2.28. The first-order chi connectivity index (χ1) is 10.2. The lowest BCUT2D eigenvalue weighted by molar-refractivity contribution is -0.132. The molecule has 0 aliphatic carbocycles. The molecule has 1 aromatic heterocycles. The number of carboxylic acid groups (broad SMARTS) is 1. The molecule has 1 aliphatic rings. The topological polar surface area (TPSA) is 89.3 Å². The van der Waals surface area contributed by atoms with Crippen LogP contribution in [-0.2, 0) is 4.79 Å². The van der Waals surface area contributed by atoms with Crippen LogP contribution in [0.15, 0.2) is 42.1 Å². The normalized spacial score (nSPS) is 16.6. The van der Waals surface area contributed by atoms with Crippen LogP contribution in [0, 0.1) is 0 Å². The number of allylic oxidation sites excluding steroid dienone is 1. The van der Waals surface area contributed by atoms with E-state index < -0.39 is 5.97 Å². The zero-order chi connectivity index (χ0) is 14.8. The molecule has 0 spiro atoms. The maximum atomic E-state index is 11.3. The molecule has 1 atom stereocenters. The number of carboxylic acids is 1. The molecule has 0 bridgehead atoms. The van der Waals surface area contributed by atoms with E-state index in [4.69, 9.17) is 4.74 Å². The van der Waals surface area contributed by atoms with E-state index in [1.807, 2.05) is 37.3 Å². The molecular formula is C14H14N4O3. The van der Waals surface area contributed by atoms with Gasteiger partial charge in [0.05, 0.1) is 6.61 Å². The van der Waals surface area contributed by atoms with E-state index in [-0.39, 0.29) is 17.7 Å². The van der Waals surface area contributed by atoms with Gasteiger partial charge in [-0.15, -0.1) is 5.10 Å². The number of fused-ring (bicyclic) bond motifs is 1. The molecule has 0 saturated carbocycles. The van der Waals surface area contributed by atoms with Crippen LogP contribution in [0.3, 0.4) is 0 Å². The van der Waals surface area contributed by atoms with Crippen molar-refractivity contribution in [2.75, 3.05) is 11.9 Å². The predicted octanol–water partition coefficient (Wildman–Crippen LogP) is 1.66. The number of aliphatic carboxylic acids is 1. The quantitative estimate of drug-likeness (QED) is 0.888. The van der Waals surface area contributed by atoms with Gasteiger partial charge in [0.2, 0.25) is 5.95 Å². The fourth-order valence-corrected chi connectivity index (χ4v) is 2.18. The molecule has 108 valence electrons. The third-order valence-corrected chi connectivity index (χ3v) is 3.09. The molecule has 3 rings (SSSR count). The van der Waals surface area contributed by atoms with Crippen molar-refractivity contribution >= 4 is 11.9 Å². The Balaban J connectivity index is 2.07. The van der Waals surface area contributed by atoms with Gasteiger partial charge in [-0.2, -0.15) is 4.98 Å². The van der Waals surface area contributed by atoms with E-state index in [1.165, 1.54) is 0 Å². The number of rotatable bonds is 4. The monoisotopic (exact) mass is 286 g/mol. The van der Waals surface area contributed by atoms with E-state index in [1.54, 1.807) is 10.8 Å². The van der Waals surface area contributed by atoms with Gasteiger partial charge in [-0.25, -0.2) is 9.48 Å². The molecule has 0 saturated heterocycles. The number of carbonyl (C=O) groups is 1.